The van der Waals surface area contributed by atoms with E-state index < -0.39 is 17.4 Å². The second kappa shape index (κ2) is 6.58. The van der Waals surface area contributed by atoms with E-state index in [9.17, 15) is 9.59 Å². The van der Waals surface area contributed by atoms with Crippen molar-refractivity contribution in [2.24, 2.45) is 5.73 Å². The molecule has 8 heteroatoms. The van der Waals surface area contributed by atoms with Crippen molar-refractivity contribution < 1.29 is 14.3 Å². The highest BCUT2D eigenvalue weighted by Gasteiger charge is 2.36. The lowest BCUT2D eigenvalue weighted by Crippen LogP contribution is -2.44. The Labute approximate surface area is 128 Å². The zero-order valence-corrected chi connectivity index (χ0v) is 12.5. The van der Waals surface area contributed by atoms with Crippen molar-refractivity contribution >= 4 is 11.9 Å². The summed E-state index contributed by atoms with van der Waals surface area (Å²) in [5, 5.41) is 16.7. The Hall–Kier alpha value is -2.40. The van der Waals surface area contributed by atoms with Gasteiger partial charge in [0.2, 0.25) is 0 Å². The standard InChI is InChI=1S/C14H19N5O3/c1-22-12(20)8-11-10(13(16)21)9-19(18-11)14(2-5-15)3-6-17-7-4-14/h9,17H,2-4,6-8H2,1H3,(H2,16,21). The van der Waals surface area contributed by atoms with E-state index in [0.29, 0.717) is 0 Å². The second-order valence-electron chi connectivity index (χ2n) is 5.36. The van der Waals surface area contributed by atoms with E-state index >= 15 is 0 Å². The summed E-state index contributed by atoms with van der Waals surface area (Å²) in [6.45, 7) is 1.53. The van der Waals surface area contributed by atoms with Gasteiger partial charge in [-0.15, -0.1) is 0 Å². The molecule has 2 heterocycles. The normalized spacial score (nSPS) is 16.7. The lowest BCUT2D eigenvalue weighted by Gasteiger charge is -2.36. The van der Waals surface area contributed by atoms with E-state index in [2.05, 4.69) is 21.2 Å². The van der Waals surface area contributed by atoms with Gasteiger partial charge in [-0.3, -0.25) is 14.3 Å². The number of primary amides is 1. The van der Waals surface area contributed by atoms with Crippen LogP contribution in [0.15, 0.2) is 6.20 Å². The molecule has 0 radical (unpaired) electrons. The number of piperidine rings is 1. The molecule has 1 aliphatic rings. The Morgan fingerprint density at radius 3 is 2.77 bits per heavy atom. The molecule has 0 atom stereocenters. The van der Waals surface area contributed by atoms with Crippen molar-refractivity contribution in [3.63, 3.8) is 0 Å². The number of nitrogens with one attached hydrogen (secondary N) is 1. The molecule has 0 saturated carbocycles. The number of aromatic nitrogens is 2. The number of nitrogens with two attached hydrogens (primary N) is 1. The van der Waals surface area contributed by atoms with Crippen LogP contribution in [0.3, 0.4) is 0 Å². The van der Waals surface area contributed by atoms with Crippen molar-refractivity contribution in [3.05, 3.63) is 17.5 Å². The van der Waals surface area contributed by atoms with Gasteiger partial charge in [0, 0.05) is 6.20 Å². The van der Waals surface area contributed by atoms with Crippen LogP contribution in [-0.2, 0) is 21.5 Å². The summed E-state index contributed by atoms with van der Waals surface area (Å²) >= 11 is 0. The number of esters is 1. The smallest absolute Gasteiger partial charge is 0.311 e. The van der Waals surface area contributed by atoms with E-state index in [-0.39, 0.29) is 24.1 Å². The number of rotatable bonds is 5. The number of hydrogen-bond acceptors (Lipinski definition) is 6. The van der Waals surface area contributed by atoms with Crippen LogP contribution >= 0.6 is 0 Å². The Morgan fingerprint density at radius 2 is 2.23 bits per heavy atom. The first-order valence-electron chi connectivity index (χ1n) is 7.06. The van der Waals surface area contributed by atoms with Gasteiger partial charge in [-0.05, 0) is 25.9 Å². The van der Waals surface area contributed by atoms with E-state index in [1.54, 1.807) is 10.9 Å². The van der Waals surface area contributed by atoms with Gasteiger partial charge in [-0.25, -0.2) is 0 Å². The predicted octanol–water partition coefficient (Wildman–Crippen LogP) is -0.310. The quantitative estimate of drug-likeness (QED) is 0.719. The van der Waals surface area contributed by atoms with Gasteiger partial charge < -0.3 is 15.8 Å². The Bertz CT molecular complexity index is 610. The third kappa shape index (κ3) is 3.09. The molecule has 8 nitrogen and oxygen atoms in total. The molecule has 1 fully saturated rings. The van der Waals surface area contributed by atoms with Crippen molar-refractivity contribution in [2.45, 2.75) is 31.2 Å². The zero-order valence-electron chi connectivity index (χ0n) is 12.5. The minimum atomic E-state index is -0.647. The number of amides is 1. The van der Waals surface area contributed by atoms with Gasteiger partial charge in [0.1, 0.15) is 0 Å². The third-order valence-corrected chi connectivity index (χ3v) is 4.02. The number of carbonyl (C=O) groups excluding carboxylic acids is 2. The fourth-order valence-corrected chi connectivity index (χ4v) is 2.72. The van der Waals surface area contributed by atoms with E-state index in [1.807, 2.05) is 0 Å². The maximum atomic E-state index is 11.6. The highest BCUT2D eigenvalue weighted by Crippen LogP contribution is 2.31. The van der Waals surface area contributed by atoms with Crippen LogP contribution in [-0.4, -0.2) is 41.9 Å². The molecule has 1 aromatic rings. The Morgan fingerprint density at radius 1 is 1.55 bits per heavy atom. The van der Waals surface area contributed by atoms with E-state index in [0.717, 1.165) is 25.9 Å². The lowest BCUT2D eigenvalue weighted by atomic mass is 9.86. The Kier molecular flexibility index (Phi) is 4.78. The van der Waals surface area contributed by atoms with Gasteiger partial charge in [-0.1, -0.05) is 0 Å². The summed E-state index contributed by atoms with van der Waals surface area (Å²) in [6, 6.07) is 2.19. The van der Waals surface area contributed by atoms with Crippen molar-refractivity contribution in [1.29, 1.82) is 5.26 Å². The minimum Gasteiger partial charge on any atom is -0.469 e. The van der Waals surface area contributed by atoms with E-state index in [4.69, 9.17) is 11.0 Å². The molecule has 1 aliphatic heterocycles. The molecule has 22 heavy (non-hydrogen) atoms. The molecule has 0 aliphatic carbocycles. The summed E-state index contributed by atoms with van der Waals surface area (Å²) in [5.41, 5.74) is 5.38. The van der Waals surface area contributed by atoms with E-state index in [1.165, 1.54) is 7.11 Å². The molecule has 1 saturated heterocycles. The molecule has 118 valence electrons. The monoisotopic (exact) mass is 305 g/mol. The maximum absolute atomic E-state index is 11.6. The molecule has 0 bridgehead atoms. The van der Waals surface area contributed by atoms with Crippen LogP contribution in [0.1, 0.15) is 35.3 Å². The SMILES string of the molecule is COC(=O)Cc1nn(C2(CC#N)CCNCC2)cc1C(N)=O. The summed E-state index contributed by atoms with van der Waals surface area (Å²) in [4.78, 5) is 23.1. The molecule has 2 rings (SSSR count). The van der Waals surface area contributed by atoms with Gasteiger partial charge in [0.15, 0.2) is 0 Å². The van der Waals surface area contributed by atoms with Gasteiger partial charge in [-0.2, -0.15) is 10.4 Å². The van der Waals surface area contributed by atoms with Crippen LogP contribution < -0.4 is 11.1 Å². The highest BCUT2D eigenvalue weighted by atomic mass is 16.5. The first-order chi connectivity index (χ1) is 10.5. The van der Waals surface area contributed by atoms with Crippen LogP contribution in [0, 0.1) is 11.3 Å². The summed E-state index contributed by atoms with van der Waals surface area (Å²) in [6.07, 6.45) is 3.15. The summed E-state index contributed by atoms with van der Waals surface area (Å²) < 4.78 is 6.25. The largest absolute Gasteiger partial charge is 0.469 e. The number of methoxy groups -OCH3 is 1. The molecule has 3 N–H and O–H groups in total. The molecular formula is C14H19N5O3. The number of nitrogens with zero attached hydrogens (tertiary/aromatic N) is 3. The van der Waals surface area contributed by atoms with Crippen molar-refractivity contribution in [1.82, 2.24) is 15.1 Å². The zero-order chi connectivity index (χ0) is 16.2. The van der Waals surface area contributed by atoms with Gasteiger partial charge in [0.05, 0.1) is 42.8 Å². The second-order valence-corrected chi connectivity index (χ2v) is 5.36. The summed E-state index contributed by atoms with van der Waals surface area (Å²) in [7, 11) is 1.27. The molecule has 1 aromatic heterocycles. The fourth-order valence-electron chi connectivity index (χ4n) is 2.72. The molecule has 0 spiro atoms. The highest BCUT2D eigenvalue weighted by molar-refractivity contribution is 5.94. The summed E-state index contributed by atoms with van der Waals surface area (Å²) in [5.74, 6) is -1.14. The number of nitriles is 1. The van der Waals surface area contributed by atoms with Crippen molar-refractivity contribution in [2.75, 3.05) is 20.2 Å². The number of carbonyl (C=O) groups is 2. The van der Waals surface area contributed by atoms with Gasteiger partial charge >= 0.3 is 5.97 Å². The van der Waals surface area contributed by atoms with Gasteiger partial charge in [0.25, 0.3) is 5.91 Å². The van der Waals surface area contributed by atoms with Crippen LogP contribution in [0.5, 0.6) is 0 Å². The van der Waals surface area contributed by atoms with Crippen LogP contribution in [0.2, 0.25) is 0 Å². The van der Waals surface area contributed by atoms with Crippen molar-refractivity contribution in [3.8, 4) is 6.07 Å². The number of hydrogen-bond donors (Lipinski definition) is 2. The topological polar surface area (TPSA) is 123 Å². The van der Waals surface area contributed by atoms with Crippen LogP contribution in [0.25, 0.3) is 0 Å². The average Bonchev–Trinajstić information content (AvgIpc) is 2.93. The molecule has 0 unspecified atom stereocenters. The van der Waals surface area contributed by atoms with Crippen LogP contribution in [0.4, 0.5) is 0 Å². The molecule has 0 aromatic carbocycles. The fraction of sp³-hybridized carbons (Fsp3) is 0.571. The number of ether oxygens (including phenoxy) is 1. The third-order valence-electron chi connectivity index (χ3n) is 4.02. The molecular weight excluding hydrogens is 286 g/mol. The Balaban J connectivity index is 2.41. The lowest BCUT2D eigenvalue weighted by molar-refractivity contribution is -0.139. The maximum Gasteiger partial charge on any atom is 0.311 e. The molecule has 1 amide bonds. The average molecular weight is 305 g/mol. The minimum absolute atomic E-state index is 0.122. The predicted molar refractivity (Wildman–Crippen MR) is 76.8 cm³/mol. The first-order valence-corrected chi connectivity index (χ1v) is 7.06. The first kappa shape index (κ1) is 16.0.